The molecule has 0 aromatic heterocycles. The molecule has 0 heterocycles. The molecule has 0 unspecified atom stereocenters. The number of hydrogen-bond acceptors (Lipinski definition) is 4. The predicted octanol–water partition coefficient (Wildman–Crippen LogP) is 1.38. The molecule has 0 spiro atoms. The lowest BCUT2D eigenvalue weighted by Gasteiger charge is -2.05. The summed E-state index contributed by atoms with van der Waals surface area (Å²) in [6, 6.07) is 1.97. The molecule has 0 fully saturated rings. The van der Waals surface area contributed by atoms with E-state index in [-0.39, 0.29) is 16.1 Å². The van der Waals surface area contributed by atoms with Crippen molar-refractivity contribution < 1.29 is 22.3 Å². The maximum Gasteiger partial charge on any atom is 0.339 e. The molecule has 0 bridgehead atoms. The number of thiol groups is 1. The lowest BCUT2D eigenvalue weighted by molar-refractivity contribution is 0.0600. The third kappa shape index (κ3) is 2.93. The van der Waals surface area contributed by atoms with Crippen LogP contribution in [0.25, 0.3) is 0 Å². The van der Waals surface area contributed by atoms with Crippen LogP contribution in [-0.4, -0.2) is 21.5 Å². The Hall–Kier alpha value is -1.14. The number of rotatable bonds is 3. The average Bonchev–Trinajstić information content (AvgIpc) is 2.20. The summed E-state index contributed by atoms with van der Waals surface area (Å²) in [5.74, 6) is -1.99. The molecule has 16 heavy (non-hydrogen) atoms. The fourth-order valence-corrected chi connectivity index (χ4v) is 1.87. The van der Waals surface area contributed by atoms with Crippen LogP contribution in [0.2, 0.25) is 5.02 Å². The van der Waals surface area contributed by atoms with Crippen molar-refractivity contribution in [3.63, 3.8) is 0 Å². The second kappa shape index (κ2) is 5.27. The van der Waals surface area contributed by atoms with Gasteiger partial charge in [-0.1, -0.05) is 11.6 Å². The zero-order valence-electron chi connectivity index (χ0n) is 8.20. The first-order valence-corrected chi connectivity index (χ1v) is 5.87. The molecule has 7 heteroatoms. The summed E-state index contributed by atoms with van der Waals surface area (Å²) in [5.41, 5.74) is -0.168. The van der Waals surface area contributed by atoms with Crippen molar-refractivity contribution in [2.75, 3.05) is 7.11 Å². The van der Waals surface area contributed by atoms with Crippen LogP contribution < -0.4 is 0 Å². The van der Waals surface area contributed by atoms with Crippen LogP contribution in [0, 0.1) is 5.82 Å². The Bertz CT molecular complexity index is 491. The molecular weight excluding hydrogens is 259 g/mol. The molecule has 0 aliphatic carbocycles. The van der Waals surface area contributed by atoms with Crippen molar-refractivity contribution in [2.24, 2.45) is 0 Å². The van der Waals surface area contributed by atoms with E-state index in [1.807, 2.05) is 0 Å². The molecule has 88 valence electrons. The molecule has 0 atom stereocenters. The van der Waals surface area contributed by atoms with Gasteiger partial charge in [0.15, 0.2) is 0 Å². The molecule has 0 amide bonds. The molecule has 1 rings (SSSR count). The number of carbonyl (C=O) groups excluding carboxylic acids is 1. The highest BCUT2D eigenvalue weighted by Gasteiger charge is 2.15. The van der Waals surface area contributed by atoms with E-state index in [1.165, 1.54) is 0 Å². The van der Waals surface area contributed by atoms with Gasteiger partial charge >= 0.3 is 5.97 Å². The average molecular weight is 267 g/mol. The van der Waals surface area contributed by atoms with Crippen LogP contribution >= 0.6 is 11.6 Å². The van der Waals surface area contributed by atoms with Gasteiger partial charge in [0.1, 0.15) is 16.5 Å². The van der Waals surface area contributed by atoms with E-state index in [4.69, 9.17) is 11.6 Å². The molecule has 0 aliphatic heterocycles. The Morgan fingerprint density at radius 3 is 2.62 bits per heavy atom. The molecule has 0 saturated carbocycles. The van der Waals surface area contributed by atoms with Crippen LogP contribution in [-0.2, 0) is 21.2 Å². The molecule has 1 aromatic carbocycles. The zero-order valence-corrected chi connectivity index (χ0v) is 9.85. The van der Waals surface area contributed by atoms with E-state index in [0.29, 0.717) is 0 Å². The molecule has 4 nitrogen and oxygen atoms in total. The summed E-state index contributed by atoms with van der Waals surface area (Å²) in [6.07, 6.45) is 0. The minimum atomic E-state index is -2.77. The molecular formula is C9H8ClFO4S. The highest BCUT2D eigenvalue weighted by molar-refractivity contribution is 7.71. The number of halogens is 2. The van der Waals surface area contributed by atoms with Crippen LogP contribution in [0.5, 0.6) is 0 Å². The molecule has 0 saturated heterocycles. The van der Waals surface area contributed by atoms with Crippen molar-refractivity contribution in [3.8, 4) is 0 Å². The van der Waals surface area contributed by atoms with Gasteiger partial charge in [0, 0.05) is 5.56 Å². The zero-order chi connectivity index (χ0) is 12.3. The van der Waals surface area contributed by atoms with Gasteiger partial charge < -0.3 is 4.74 Å². The minimum Gasteiger partial charge on any atom is -0.465 e. The van der Waals surface area contributed by atoms with Crippen LogP contribution in [0.1, 0.15) is 15.9 Å². The lowest BCUT2D eigenvalue weighted by Crippen LogP contribution is -2.05. The number of esters is 1. The third-order valence-electron chi connectivity index (χ3n) is 1.84. The van der Waals surface area contributed by atoms with Crippen molar-refractivity contribution in [3.05, 3.63) is 34.1 Å². The van der Waals surface area contributed by atoms with Crippen molar-refractivity contribution in [1.29, 1.82) is 0 Å². The predicted molar refractivity (Wildman–Crippen MR) is 56.8 cm³/mol. The van der Waals surface area contributed by atoms with E-state index < -0.39 is 28.2 Å². The van der Waals surface area contributed by atoms with Gasteiger partial charge in [-0.05, 0) is 12.1 Å². The normalized spacial score (nSPS) is 10.5. The number of ether oxygens (including phenoxy) is 1. The first kappa shape index (κ1) is 12.9. The summed E-state index contributed by atoms with van der Waals surface area (Å²) in [4.78, 5) is 11.2. The number of hydrogen-bond donors (Lipinski definition) is 1. The quantitative estimate of drug-likeness (QED) is 0.663. The number of carbonyl (C=O) groups is 1. The Morgan fingerprint density at radius 2 is 2.12 bits per heavy atom. The fraction of sp³-hybridized carbons (Fsp3) is 0.222. The second-order valence-corrected chi connectivity index (χ2v) is 4.29. The monoisotopic (exact) mass is 266 g/mol. The largest absolute Gasteiger partial charge is 0.465 e. The van der Waals surface area contributed by atoms with Gasteiger partial charge in [-0.3, -0.25) is 0 Å². The van der Waals surface area contributed by atoms with Crippen molar-refractivity contribution >= 4 is 28.3 Å². The SMILES string of the molecule is COC(=O)c1cc(C[SH](=O)=O)c(F)cc1Cl. The molecule has 0 aliphatic rings. The third-order valence-corrected chi connectivity index (χ3v) is 2.75. The van der Waals surface area contributed by atoms with Gasteiger partial charge in [0.05, 0.1) is 23.4 Å². The lowest BCUT2D eigenvalue weighted by atomic mass is 10.1. The number of methoxy groups -OCH3 is 1. The van der Waals surface area contributed by atoms with Crippen LogP contribution in [0.15, 0.2) is 12.1 Å². The van der Waals surface area contributed by atoms with Gasteiger partial charge in [-0.25, -0.2) is 17.6 Å². The van der Waals surface area contributed by atoms with Gasteiger partial charge in [0.2, 0.25) is 0 Å². The minimum absolute atomic E-state index is 0.0579. The molecule has 0 radical (unpaired) electrons. The highest BCUT2D eigenvalue weighted by atomic mass is 35.5. The Morgan fingerprint density at radius 1 is 1.50 bits per heavy atom. The number of benzene rings is 1. The Kier molecular flexibility index (Phi) is 4.26. The van der Waals surface area contributed by atoms with Gasteiger partial charge in [-0.15, -0.1) is 0 Å². The molecule has 0 N–H and O–H groups in total. The Labute approximate surface area is 97.9 Å². The topological polar surface area (TPSA) is 60.4 Å². The summed E-state index contributed by atoms with van der Waals surface area (Å²) >= 11 is 5.62. The summed E-state index contributed by atoms with van der Waals surface area (Å²) in [7, 11) is -1.63. The van der Waals surface area contributed by atoms with E-state index >= 15 is 0 Å². The first-order chi connectivity index (χ1) is 7.45. The molecule has 1 aromatic rings. The summed E-state index contributed by atoms with van der Waals surface area (Å²) in [6.45, 7) is 0. The fourth-order valence-electron chi connectivity index (χ4n) is 1.12. The standard InChI is InChI=1S/C9H8ClFO4S/c1-15-9(12)6-2-5(4-16(13)14)8(11)3-7(6)10/h2-3,16H,4H2,1H3. The maximum atomic E-state index is 13.3. The highest BCUT2D eigenvalue weighted by Crippen LogP contribution is 2.22. The maximum absolute atomic E-state index is 13.3. The van der Waals surface area contributed by atoms with Crippen molar-refractivity contribution in [1.82, 2.24) is 0 Å². The van der Waals surface area contributed by atoms with Crippen LogP contribution in [0.3, 0.4) is 0 Å². The van der Waals surface area contributed by atoms with Gasteiger partial charge in [0.25, 0.3) is 0 Å². The van der Waals surface area contributed by atoms with E-state index in [0.717, 1.165) is 19.2 Å². The van der Waals surface area contributed by atoms with E-state index in [1.54, 1.807) is 0 Å². The summed E-state index contributed by atoms with van der Waals surface area (Å²) in [5, 5.41) is -0.116. The van der Waals surface area contributed by atoms with Gasteiger partial charge in [-0.2, -0.15) is 0 Å². The van der Waals surface area contributed by atoms with Crippen molar-refractivity contribution in [2.45, 2.75) is 5.75 Å². The summed E-state index contributed by atoms with van der Waals surface area (Å²) < 4.78 is 38.6. The second-order valence-electron chi connectivity index (χ2n) is 2.91. The van der Waals surface area contributed by atoms with E-state index in [9.17, 15) is 17.6 Å². The smallest absolute Gasteiger partial charge is 0.339 e. The van der Waals surface area contributed by atoms with Crippen LogP contribution in [0.4, 0.5) is 4.39 Å². The van der Waals surface area contributed by atoms with E-state index in [2.05, 4.69) is 4.74 Å². The first-order valence-electron chi connectivity index (χ1n) is 4.13. The Balaban J connectivity index is 3.26.